The van der Waals surface area contributed by atoms with Crippen LogP contribution in [0.5, 0.6) is 0 Å². The number of urea groups is 1. The van der Waals surface area contributed by atoms with Gasteiger partial charge in [-0.25, -0.2) is 9.59 Å². The van der Waals surface area contributed by atoms with Crippen molar-refractivity contribution in [3.8, 4) is 0 Å². The van der Waals surface area contributed by atoms with Crippen LogP contribution in [0.1, 0.15) is 39.5 Å². The van der Waals surface area contributed by atoms with Gasteiger partial charge in [0.1, 0.15) is 6.04 Å². The summed E-state index contributed by atoms with van der Waals surface area (Å²) in [5, 5.41) is 9.28. The second-order valence-corrected chi connectivity index (χ2v) is 5.52. The van der Waals surface area contributed by atoms with Crippen molar-refractivity contribution in [2.24, 2.45) is 0 Å². The Labute approximate surface area is 120 Å². The van der Waals surface area contributed by atoms with Crippen LogP contribution in [-0.4, -0.2) is 65.8 Å². The van der Waals surface area contributed by atoms with Gasteiger partial charge in [0.25, 0.3) is 0 Å². The molecule has 6 heteroatoms. The molecule has 1 fully saturated rings. The standard InChI is InChI=1S/C14H26N2O4/c1-11(2)20-10-9-15(3)14(19)16-8-6-4-5-7-12(16)13(17)18/h11-12H,4-10H2,1-3H3,(H,17,18). The Balaban J connectivity index is 2.59. The molecule has 0 spiro atoms. The van der Waals surface area contributed by atoms with E-state index in [0.717, 1.165) is 19.3 Å². The molecule has 1 heterocycles. The topological polar surface area (TPSA) is 70.1 Å². The number of nitrogens with zero attached hydrogens (tertiary/aromatic N) is 2. The molecule has 0 bridgehead atoms. The molecule has 1 unspecified atom stereocenters. The van der Waals surface area contributed by atoms with Gasteiger partial charge in [0, 0.05) is 20.1 Å². The zero-order valence-electron chi connectivity index (χ0n) is 12.7. The van der Waals surface area contributed by atoms with Gasteiger partial charge in [-0.15, -0.1) is 0 Å². The summed E-state index contributed by atoms with van der Waals surface area (Å²) in [5.41, 5.74) is 0. The van der Waals surface area contributed by atoms with E-state index in [1.54, 1.807) is 11.9 Å². The Kier molecular flexibility index (Phi) is 6.78. The van der Waals surface area contributed by atoms with Crippen molar-refractivity contribution >= 4 is 12.0 Å². The summed E-state index contributed by atoms with van der Waals surface area (Å²) in [7, 11) is 1.69. The molecule has 0 aromatic carbocycles. The van der Waals surface area contributed by atoms with Gasteiger partial charge in [-0.05, 0) is 26.7 Å². The number of hydrogen-bond acceptors (Lipinski definition) is 3. The highest BCUT2D eigenvalue weighted by Crippen LogP contribution is 2.18. The molecule has 20 heavy (non-hydrogen) atoms. The Hall–Kier alpha value is -1.30. The molecular formula is C14H26N2O4. The summed E-state index contributed by atoms with van der Waals surface area (Å²) in [6.07, 6.45) is 3.38. The van der Waals surface area contributed by atoms with Crippen LogP contribution in [-0.2, 0) is 9.53 Å². The lowest BCUT2D eigenvalue weighted by Crippen LogP contribution is -2.50. The Morgan fingerprint density at radius 1 is 1.35 bits per heavy atom. The van der Waals surface area contributed by atoms with Crippen molar-refractivity contribution < 1.29 is 19.4 Å². The van der Waals surface area contributed by atoms with Crippen LogP contribution in [0.15, 0.2) is 0 Å². The molecule has 1 N–H and O–H groups in total. The number of carbonyl (C=O) groups is 2. The van der Waals surface area contributed by atoms with E-state index in [2.05, 4.69) is 0 Å². The molecule has 1 aliphatic heterocycles. The predicted molar refractivity (Wildman–Crippen MR) is 75.7 cm³/mol. The van der Waals surface area contributed by atoms with E-state index in [4.69, 9.17) is 4.74 Å². The first-order valence-electron chi connectivity index (χ1n) is 7.29. The van der Waals surface area contributed by atoms with Crippen LogP contribution in [0, 0.1) is 0 Å². The minimum absolute atomic E-state index is 0.128. The van der Waals surface area contributed by atoms with Gasteiger partial charge in [0.2, 0.25) is 0 Å². The first kappa shape index (κ1) is 16.8. The smallest absolute Gasteiger partial charge is 0.326 e. The maximum Gasteiger partial charge on any atom is 0.326 e. The monoisotopic (exact) mass is 286 g/mol. The zero-order valence-corrected chi connectivity index (χ0v) is 12.7. The molecular weight excluding hydrogens is 260 g/mol. The number of carbonyl (C=O) groups excluding carboxylic acids is 1. The number of likely N-dealkylation sites (tertiary alicyclic amines) is 1. The summed E-state index contributed by atoms with van der Waals surface area (Å²) in [5.74, 6) is -0.910. The van der Waals surface area contributed by atoms with Gasteiger partial charge >= 0.3 is 12.0 Å². The van der Waals surface area contributed by atoms with Gasteiger partial charge in [-0.3, -0.25) is 0 Å². The molecule has 0 saturated carbocycles. The molecule has 0 aromatic rings. The quantitative estimate of drug-likeness (QED) is 0.836. The average molecular weight is 286 g/mol. The van der Waals surface area contributed by atoms with E-state index < -0.39 is 12.0 Å². The highest BCUT2D eigenvalue weighted by atomic mass is 16.5. The zero-order chi connectivity index (χ0) is 15.1. The second kappa shape index (κ2) is 8.09. The fraction of sp³-hybridized carbons (Fsp3) is 0.857. The molecule has 1 saturated heterocycles. The third-order valence-electron chi connectivity index (χ3n) is 3.49. The fourth-order valence-corrected chi connectivity index (χ4v) is 2.33. The molecule has 0 radical (unpaired) electrons. The first-order chi connectivity index (χ1) is 9.43. The van der Waals surface area contributed by atoms with Crippen LogP contribution < -0.4 is 0 Å². The second-order valence-electron chi connectivity index (χ2n) is 5.52. The fourth-order valence-electron chi connectivity index (χ4n) is 2.33. The number of ether oxygens (including phenoxy) is 1. The number of hydrogen-bond donors (Lipinski definition) is 1. The molecule has 116 valence electrons. The van der Waals surface area contributed by atoms with Crippen LogP contribution in [0.2, 0.25) is 0 Å². The summed E-state index contributed by atoms with van der Waals surface area (Å²) < 4.78 is 5.42. The minimum Gasteiger partial charge on any atom is -0.480 e. The molecule has 6 nitrogen and oxygen atoms in total. The normalized spacial score (nSPS) is 19.8. The lowest BCUT2D eigenvalue weighted by molar-refractivity contribution is -0.142. The SMILES string of the molecule is CC(C)OCCN(C)C(=O)N1CCCCCC1C(=O)O. The van der Waals surface area contributed by atoms with E-state index in [9.17, 15) is 14.7 Å². The third kappa shape index (κ3) is 5.00. The number of aliphatic carboxylic acids is 1. The molecule has 0 aromatic heterocycles. The van der Waals surface area contributed by atoms with Gasteiger partial charge in [-0.2, -0.15) is 0 Å². The Bertz CT molecular complexity index is 333. The predicted octanol–water partition coefficient (Wildman–Crippen LogP) is 1.79. The lowest BCUT2D eigenvalue weighted by atomic mass is 10.1. The van der Waals surface area contributed by atoms with Crippen LogP contribution in [0.4, 0.5) is 4.79 Å². The summed E-state index contributed by atoms with van der Waals surface area (Å²) >= 11 is 0. The van der Waals surface area contributed by atoms with E-state index >= 15 is 0 Å². The number of rotatable bonds is 5. The van der Waals surface area contributed by atoms with Gasteiger partial charge in [0.05, 0.1) is 12.7 Å². The van der Waals surface area contributed by atoms with Crippen LogP contribution in [0.3, 0.4) is 0 Å². The van der Waals surface area contributed by atoms with E-state index in [-0.39, 0.29) is 12.1 Å². The average Bonchev–Trinajstić information content (AvgIpc) is 2.62. The Morgan fingerprint density at radius 2 is 2.05 bits per heavy atom. The minimum atomic E-state index is -0.910. The summed E-state index contributed by atoms with van der Waals surface area (Å²) in [6, 6.07) is -0.912. The first-order valence-corrected chi connectivity index (χ1v) is 7.29. The van der Waals surface area contributed by atoms with Crippen molar-refractivity contribution in [3.05, 3.63) is 0 Å². The molecule has 1 rings (SSSR count). The molecule has 0 aliphatic carbocycles. The van der Waals surface area contributed by atoms with Crippen LogP contribution in [0.25, 0.3) is 0 Å². The molecule has 1 aliphatic rings. The van der Waals surface area contributed by atoms with Crippen LogP contribution >= 0.6 is 0 Å². The van der Waals surface area contributed by atoms with Gasteiger partial charge < -0.3 is 19.6 Å². The third-order valence-corrected chi connectivity index (χ3v) is 3.49. The highest BCUT2D eigenvalue weighted by Gasteiger charge is 2.32. The number of carboxylic acids is 1. The van der Waals surface area contributed by atoms with Crippen molar-refractivity contribution in [1.82, 2.24) is 9.80 Å². The maximum absolute atomic E-state index is 12.4. The summed E-state index contributed by atoms with van der Waals surface area (Å²) in [6.45, 7) is 5.34. The number of amides is 2. The largest absolute Gasteiger partial charge is 0.480 e. The summed E-state index contributed by atoms with van der Waals surface area (Å²) in [4.78, 5) is 26.7. The van der Waals surface area contributed by atoms with Crippen molar-refractivity contribution in [3.63, 3.8) is 0 Å². The van der Waals surface area contributed by atoms with Crippen molar-refractivity contribution in [2.75, 3.05) is 26.7 Å². The maximum atomic E-state index is 12.4. The number of likely N-dealkylation sites (N-methyl/N-ethyl adjacent to an activating group) is 1. The Morgan fingerprint density at radius 3 is 2.65 bits per heavy atom. The van der Waals surface area contributed by atoms with Crippen molar-refractivity contribution in [1.29, 1.82) is 0 Å². The number of carboxylic acid groups (broad SMARTS) is 1. The van der Waals surface area contributed by atoms with Crippen molar-refractivity contribution in [2.45, 2.75) is 51.7 Å². The van der Waals surface area contributed by atoms with E-state index in [1.165, 1.54) is 4.90 Å². The molecule has 1 atom stereocenters. The van der Waals surface area contributed by atoms with E-state index in [1.807, 2.05) is 13.8 Å². The molecule has 2 amide bonds. The van der Waals surface area contributed by atoms with Gasteiger partial charge in [-0.1, -0.05) is 12.8 Å². The highest BCUT2D eigenvalue weighted by molar-refractivity contribution is 5.82. The van der Waals surface area contributed by atoms with E-state index in [0.29, 0.717) is 26.1 Å². The van der Waals surface area contributed by atoms with Gasteiger partial charge in [0.15, 0.2) is 0 Å². The lowest BCUT2D eigenvalue weighted by Gasteiger charge is -2.31.